The number of carbonyl (C=O) groups excluding carboxylic acids is 1. The summed E-state index contributed by atoms with van der Waals surface area (Å²) in [5.41, 5.74) is 5.05. The molecule has 2 atom stereocenters. The van der Waals surface area contributed by atoms with Gasteiger partial charge in [-0.05, 0) is 72.7 Å². The predicted molar refractivity (Wildman–Crippen MR) is 118 cm³/mol. The van der Waals surface area contributed by atoms with Crippen LogP contribution in [-0.2, 0) is 0 Å². The maximum Gasteiger partial charge on any atom is 0.255 e. The van der Waals surface area contributed by atoms with Gasteiger partial charge in [-0.3, -0.25) is 4.79 Å². The summed E-state index contributed by atoms with van der Waals surface area (Å²) in [4.78, 5) is 12.8. The normalized spacial score (nSPS) is 20.3. The van der Waals surface area contributed by atoms with E-state index in [0.29, 0.717) is 12.0 Å². The van der Waals surface area contributed by atoms with Crippen LogP contribution in [0.2, 0.25) is 0 Å². The van der Waals surface area contributed by atoms with E-state index in [2.05, 4.69) is 41.0 Å². The second-order valence-electron chi connectivity index (χ2n) is 8.33. The summed E-state index contributed by atoms with van der Waals surface area (Å²) in [6, 6.07) is 26.9. The highest BCUT2D eigenvalue weighted by atomic mass is 16.1. The van der Waals surface area contributed by atoms with Crippen LogP contribution in [0.15, 0.2) is 78.9 Å². The Bertz CT molecular complexity index is 1010. The molecule has 3 aromatic carbocycles. The van der Waals surface area contributed by atoms with Gasteiger partial charge in [0.2, 0.25) is 0 Å². The van der Waals surface area contributed by atoms with Crippen LogP contribution in [0.25, 0.3) is 11.1 Å². The van der Waals surface area contributed by atoms with Gasteiger partial charge >= 0.3 is 0 Å². The van der Waals surface area contributed by atoms with Crippen LogP contribution in [0, 0.1) is 5.92 Å². The van der Waals surface area contributed by atoms with Crippen molar-refractivity contribution in [1.82, 2.24) is 5.32 Å². The highest BCUT2D eigenvalue weighted by Gasteiger charge is 2.39. The minimum Gasteiger partial charge on any atom is -0.322 e. The van der Waals surface area contributed by atoms with Crippen LogP contribution in [-0.4, -0.2) is 18.5 Å². The predicted octanol–water partition coefficient (Wildman–Crippen LogP) is 5.46. The molecule has 0 aliphatic heterocycles. The third kappa shape index (κ3) is 4.41. The number of amides is 1. The molecule has 0 heterocycles. The van der Waals surface area contributed by atoms with E-state index in [-0.39, 0.29) is 5.91 Å². The Kier molecular flexibility index (Phi) is 4.91. The van der Waals surface area contributed by atoms with E-state index >= 15 is 0 Å². The van der Waals surface area contributed by atoms with E-state index < -0.39 is 0 Å². The zero-order valence-corrected chi connectivity index (χ0v) is 16.5. The third-order valence-corrected chi connectivity index (χ3v) is 5.96. The van der Waals surface area contributed by atoms with Gasteiger partial charge < -0.3 is 10.6 Å². The van der Waals surface area contributed by atoms with Crippen molar-refractivity contribution in [2.45, 2.75) is 31.2 Å². The number of benzene rings is 3. The van der Waals surface area contributed by atoms with Gasteiger partial charge in [0.25, 0.3) is 5.91 Å². The van der Waals surface area contributed by atoms with Crippen molar-refractivity contribution >= 4 is 11.6 Å². The molecule has 5 rings (SSSR count). The summed E-state index contributed by atoms with van der Waals surface area (Å²) in [5, 5.41) is 6.74. The van der Waals surface area contributed by atoms with Gasteiger partial charge in [-0.1, -0.05) is 54.6 Å². The van der Waals surface area contributed by atoms with Crippen molar-refractivity contribution < 1.29 is 4.79 Å². The second kappa shape index (κ2) is 7.84. The molecule has 2 fully saturated rings. The van der Waals surface area contributed by atoms with Crippen LogP contribution in [0.4, 0.5) is 5.69 Å². The number of hydrogen-bond acceptors (Lipinski definition) is 2. The summed E-state index contributed by atoms with van der Waals surface area (Å²) in [6.45, 7) is 1.15. The summed E-state index contributed by atoms with van der Waals surface area (Å²) < 4.78 is 0. The molecule has 1 amide bonds. The molecule has 3 heteroatoms. The molecule has 2 N–H and O–H groups in total. The van der Waals surface area contributed by atoms with Crippen LogP contribution in [0.1, 0.15) is 41.1 Å². The monoisotopic (exact) mass is 382 g/mol. The quantitative estimate of drug-likeness (QED) is 0.569. The molecule has 0 saturated heterocycles. The average Bonchev–Trinajstić information content (AvgIpc) is 3.68. The van der Waals surface area contributed by atoms with Gasteiger partial charge in [-0.2, -0.15) is 0 Å². The van der Waals surface area contributed by atoms with Gasteiger partial charge in [0.05, 0.1) is 0 Å². The van der Waals surface area contributed by atoms with Gasteiger partial charge in [-0.25, -0.2) is 0 Å². The molecule has 0 spiro atoms. The van der Waals surface area contributed by atoms with E-state index in [9.17, 15) is 4.79 Å². The fourth-order valence-electron chi connectivity index (χ4n) is 3.95. The van der Waals surface area contributed by atoms with Crippen LogP contribution < -0.4 is 10.6 Å². The molecule has 3 aromatic rings. The minimum absolute atomic E-state index is 0.0554. The number of nitrogens with one attached hydrogen (secondary N) is 2. The van der Waals surface area contributed by atoms with Gasteiger partial charge in [0, 0.05) is 23.2 Å². The van der Waals surface area contributed by atoms with Crippen LogP contribution in [0.5, 0.6) is 0 Å². The van der Waals surface area contributed by atoms with Gasteiger partial charge in [-0.15, -0.1) is 0 Å². The van der Waals surface area contributed by atoms with Crippen LogP contribution in [0.3, 0.4) is 0 Å². The van der Waals surface area contributed by atoms with E-state index in [4.69, 9.17) is 0 Å². The Hall–Kier alpha value is -2.91. The maximum absolute atomic E-state index is 12.8. The second-order valence-corrected chi connectivity index (χ2v) is 8.33. The molecule has 0 radical (unpaired) electrons. The summed E-state index contributed by atoms with van der Waals surface area (Å²) in [7, 11) is 0. The number of anilines is 1. The molecule has 3 nitrogen and oxygen atoms in total. The standard InChI is InChI=1S/C26H26N2O/c29-26(28-23-11-5-8-20(15-23)19-6-2-1-3-7-19)22-10-4-9-21(14-22)24-16-25(24)27-17-18-12-13-18/h1-11,14-15,18,24-25,27H,12-13,16-17H2,(H,28,29)/t24-,25+/m0/s1. The van der Waals surface area contributed by atoms with Crippen molar-refractivity contribution in [1.29, 1.82) is 0 Å². The minimum atomic E-state index is -0.0554. The van der Waals surface area contributed by atoms with Gasteiger partial charge in [0.1, 0.15) is 0 Å². The van der Waals surface area contributed by atoms with Crippen molar-refractivity contribution in [3.05, 3.63) is 90.0 Å². The summed E-state index contributed by atoms with van der Waals surface area (Å²) in [5.74, 6) is 1.39. The Morgan fingerprint density at radius 3 is 2.48 bits per heavy atom. The highest BCUT2D eigenvalue weighted by molar-refractivity contribution is 6.04. The fraction of sp³-hybridized carbons (Fsp3) is 0.269. The first-order valence-electron chi connectivity index (χ1n) is 10.6. The number of rotatable bonds is 7. The largest absolute Gasteiger partial charge is 0.322 e. The zero-order valence-electron chi connectivity index (χ0n) is 16.5. The van der Waals surface area contributed by atoms with Crippen molar-refractivity contribution in [2.75, 3.05) is 11.9 Å². The zero-order chi connectivity index (χ0) is 19.6. The maximum atomic E-state index is 12.8. The molecular formula is C26H26N2O. The number of hydrogen-bond donors (Lipinski definition) is 2. The van der Waals surface area contributed by atoms with E-state index in [1.807, 2.05) is 48.5 Å². The smallest absolute Gasteiger partial charge is 0.255 e. The molecule has 29 heavy (non-hydrogen) atoms. The lowest BCUT2D eigenvalue weighted by Gasteiger charge is -2.09. The lowest BCUT2D eigenvalue weighted by Crippen LogP contribution is -2.20. The number of carbonyl (C=O) groups is 1. The first kappa shape index (κ1) is 18.1. The van der Waals surface area contributed by atoms with E-state index in [1.165, 1.54) is 24.8 Å². The van der Waals surface area contributed by atoms with Gasteiger partial charge in [0.15, 0.2) is 0 Å². The molecule has 146 valence electrons. The molecule has 2 aliphatic carbocycles. The molecule has 2 saturated carbocycles. The Morgan fingerprint density at radius 2 is 1.66 bits per heavy atom. The van der Waals surface area contributed by atoms with Crippen molar-refractivity contribution in [2.24, 2.45) is 5.92 Å². The summed E-state index contributed by atoms with van der Waals surface area (Å²) in [6.07, 6.45) is 3.94. The SMILES string of the molecule is O=C(Nc1cccc(-c2ccccc2)c1)c1cccc([C@@H]2C[C@H]2NCC2CC2)c1. The first-order valence-corrected chi connectivity index (χ1v) is 10.6. The topological polar surface area (TPSA) is 41.1 Å². The lowest BCUT2D eigenvalue weighted by molar-refractivity contribution is 0.102. The molecular weight excluding hydrogens is 356 g/mol. The first-order chi connectivity index (χ1) is 14.3. The molecule has 0 unspecified atom stereocenters. The van der Waals surface area contributed by atoms with E-state index in [1.54, 1.807) is 0 Å². The molecule has 0 bridgehead atoms. The lowest BCUT2D eigenvalue weighted by atomic mass is 10.0. The van der Waals surface area contributed by atoms with Crippen molar-refractivity contribution in [3.63, 3.8) is 0 Å². The third-order valence-electron chi connectivity index (χ3n) is 5.96. The summed E-state index contributed by atoms with van der Waals surface area (Å²) >= 11 is 0. The Labute approximate surface area is 172 Å². The fourth-order valence-corrected chi connectivity index (χ4v) is 3.95. The van der Waals surface area contributed by atoms with Crippen molar-refractivity contribution in [3.8, 4) is 11.1 Å². The Morgan fingerprint density at radius 1 is 0.862 bits per heavy atom. The Balaban J connectivity index is 1.25. The highest BCUT2D eigenvalue weighted by Crippen LogP contribution is 2.42. The molecule has 2 aliphatic rings. The van der Waals surface area contributed by atoms with E-state index in [0.717, 1.165) is 34.8 Å². The average molecular weight is 383 g/mol. The van der Waals surface area contributed by atoms with Crippen LogP contribution >= 0.6 is 0 Å². The molecule has 0 aromatic heterocycles.